The van der Waals surface area contributed by atoms with Crippen molar-refractivity contribution in [2.24, 2.45) is 5.92 Å². The van der Waals surface area contributed by atoms with Crippen molar-refractivity contribution in [1.29, 1.82) is 0 Å². The summed E-state index contributed by atoms with van der Waals surface area (Å²) in [5.74, 6) is 0.578. The second-order valence-electron chi connectivity index (χ2n) is 21.3. The molecule has 0 spiro atoms. The molecule has 0 unspecified atom stereocenters. The zero-order valence-electron chi connectivity index (χ0n) is 45.2. The van der Waals surface area contributed by atoms with E-state index in [2.05, 4.69) is 20.4 Å². The normalized spacial score (nSPS) is 14.7. The number of nitrogens with one attached hydrogen (secondary N) is 2. The molecule has 1 aliphatic heterocycles. The number of amides is 1. The molecule has 76 heavy (non-hydrogen) atoms. The van der Waals surface area contributed by atoms with E-state index in [4.69, 9.17) is 27.9 Å². The lowest BCUT2D eigenvalue weighted by Crippen LogP contribution is -2.51. The Hall–Kier alpha value is -5.31. The van der Waals surface area contributed by atoms with Crippen LogP contribution >= 0.6 is 0 Å². The van der Waals surface area contributed by atoms with Gasteiger partial charge in [0.15, 0.2) is 8.32 Å². The fourth-order valence-corrected chi connectivity index (χ4v) is 13.3. The predicted molar refractivity (Wildman–Crippen MR) is 293 cm³/mol. The number of nitrogens with zero attached hydrogens (tertiary/aromatic N) is 6. The summed E-state index contributed by atoms with van der Waals surface area (Å²) in [6.07, 6.45) is 0.534. The summed E-state index contributed by atoms with van der Waals surface area (Å²) in [5, 5.41) is 16.1. The number of hydrogen-bond donors (Lipinski definition) is 2. The van der Waals surface area contributed by atoms with E-state index in [1.807, 2.05) is 63.0 Å². The van der Waals surface area contributed by atoms with Gasteiger partial charge in [-0.15, -0.1) is 10.2 Å². The minimum Gasteiger partial charge on any atom is -0.497 e. The molecule has 0 saturated carbocycles. The van der Waals surface area contributed by atoms with Gasteiger partial charge in [-0.05, 0) is 104 Å². The van der Waals surface area contributed by atoms with Crippen LogP contribution in [0.2, 0.25) is 18.1 Å². The van der Waals surface area contributed by atoms with Gasteiger partial charge in [0.05, 0.1) is 44.8 Å². The van der Waals surface area contributed by atoms with Gasteiger partial charge in [0.1, 0.15) is 21.1 Å². The highest BCUT2D eigenvalue weighted by molar-refractivity contribution is 7.92. The number of aromatic nitrogens is 4. The molecule has 5 aromatic rings. The first-order valence-corrected chi connectivity index (χ1v) is 32.8. The molecule has 1 atom stereocenters. The number of sulfonamides is 2. The van der Waals surface area contributed by atoms with Gasteiger partial charge in [-0.2, -0.15) is 17.5 Å². The lowest BCUT2D eigenvalue weighted by molar-refractivity contribution is 0.0498. The van der Waals surface area contributed by atoms with Crippen molar-refractivity contribution in [3.63, 3.8) is 0 Å². The number of alkyl carbamates (subject to hydrolysis) is 1. The van der Waals surface area contributed by atoms with E-state index < -0.39 is 66.1 Å². The number of benzene rings is 4. The number of rotatable bonds is 25. The van der Waals surface area contributed by atoms with Crippen LogP contribution in [0.1, 0.15) is 71.1 Å². The number of carbonyl (C=O) groups is 1. The van der Waals surface area contributed by atoms with E-state index in [0.29, 0.717) is 55.1 Å². The molecule has 1 amide bonds. The molecule has 20 nitrogen and oxygen atoms in total. The average Bonchev–Trinajstić information content (AvgIpc) is 3.82. The number of tetrazole rings is 1. The van der Waals surface area contributed by atoms with E-state index >= 15 is 16.8 Å². The molecule has 24 heteroatoms. The molecular weight excluding hydrogens is 1050 g/mol. The quantitative estimate of drug-likeness (QED) is 0.0334. The molecular formula is C52H74N8O12S3Si. The molecule has 0 radical (unpaired) electrons. The maximum absolute atomic E-state index is 16.2. The maximum Gasteiger partial charge on any atom is 0.407 e. The Labute approximate surface area is 450 Å². The van der Waals surface area contributed by atoms with Crippen LogP contribution in [0.4, 0.5) is 10.5 Å². The van der Waals surface area contributed by atoms with Crippen LogP contribution in [0.15, 0.2) is 107 Å². The minimum absolute atomic E-state index is 0.0621. The Kier molecular flexibility index (Phi) is 20.1. The molecule has 0 aliphatic carbocycles. The number of hydrogen-bond acceptors (Lipinski definition) is 16. The smallest absolute Gasteiger partial charge is 0.407 e. The van der Waals surface area contributed by atoms with Gasteiger partial charge >= 0.3 is 6.09 Å². The highest BCUT2D eigenvalue weighted by atomic mass is 32.2. The van der Waals surface area contributed by atoms with Crippen molar-refractivity contribution in [2.45, 2.75) is 114 Å². The first-order chi connectivity index (χ1) is 35.6. The molecule has 0 bridgehead atoms. The van der Waals surface area contributed by atoms with Crippen LogP contribution in [0.5, 0.6) is 5.75 Å². The lowest BCUT2D eigenvalue weighted by Gasteiger charge is -2.39. The number of anilines is 1. The predicted octanol–water partition coefficient (Wildman–Crippen LogP) is 7.19. The van der Waals surface area contributed by atoms with Crippen molar-refractivity contribution < 1.29 is 52.9 Å². The Morgan fingerprint density at radius 3 is 1.96 bits per heavy atom. The molecule has 2 heterocycles. The van der Waals surface area contributed by atoms with E-state index in [9.17, 15) is 13.2 Å². The SMILES string of the molecule is COc1ccc(Cn2nnc(-c3c(N4CCC(COCCOS(C)(=O)=O)CC4)ccc(S(=O)(=O)NC[C@@H](CNC(=O)OC(C)(C)C)O[Si](C)(C)C(C)(C)C)c3S(=O)(=O)N(Cc3ccccc3)Cc3ccccc3)n2)cc1. The third-order valence-electron chi connectivity index (χ3n) is 13.0. The van der Waals surface area contributed by atoms with Gasteiger partial charge in [-0.25, -0.2) is 26.4 Å². The van der Waals surface area contributed by atoms with Gasteiger partial charge in [0.25, 0.3) is 10.1 Å². The van der Waals surface area contributed by atoms with Gasteiger partial charge < -0.3 is 28.9 Å². The molecule has 6 rings (SSSR count). The topological polar surface area (TPSA) is 240 Å². The van der Waals surface area contributed by atoms with Gasteiger partial charge in [-0.3, -0.25) is 4.18 Å². The molecule has 416 valence electrons. The Bertz CT molecular complexity index is 3000. The first-order valence-electron chi connectivity index (χ1n) is 25.1. The molecule has 4 aromatic carbocycles. The highest BCUT2D eigenvalue weighted by Crippen LogP contribution is 2.43. The molecule has 1 fully saturated rings. The summed E-state index contributed by atoms with van der Waals surface area (Å²) in [5.41, 5.74) is 1.59. The summed E-state index contributed by atoms with van der Waals surface area (Å²) in [4.78, 5) is 15.2. The summed E-state index contributed by atoms with van der Waals surface area (Å²) < 4.78 is 118. The lowest BCUT2D eigenvalue weighted by atomic mass is 9.96. The number of ether oxygens (including phenoxy) is 3. The Balaban J connectivity index is 1.50. The van der Waals surface area contributed by atoms with Crippen molar-refractivity contribution in [3.8, 4) is 17.1 Å². The zero-order valence-corrected chi connectivity index (χ0v) is 48.6. The fraction of sp³-hybridized carbons (Fsp3) is 0.500. The molecule has 1 aromatic heterocycles. The van der Waals surface area contributed by atoms with Crippen molar-refractivity contribution in [3.05, 3.63) is 114 Å². The van der Waals surface area contributed by atoms with E-state index in [1.165, 1.54) is 15.2 Å². The minimum atomic E-state index is -4.89. The fourth-order valence-electron chi connectivity index (χ4n) is 8.11. The molecule has 2 N–H and O–H groups in total. The zero-order chi connectivity index (χ0) is 55.5. The van der Waals surface area contributed by atoms with Crippen LogP contribution < -0.4 is 19.7 Å². The summed E-state index contributed by atoms with van der Waals surface area (Å²) in [7, 11) is -14.4. The second-order valence-corrected chi connectivity index (χ2v) is 31.3. The third-order valence-corrected chi connectivity index (χ3v) is 21.6. The Morgan fingerprint density at radius 2 is 1.41 bits per heavy atom. The van der Waals surface area contributed by atoms with E-state index in [1.54, 1.807) is 94.6 Å². The van der Waals surface area contributed by atoms with Crippen LogP contribution in [-0.2, 0) is 67.9 Å². The van der Waals surface area contributed by atoms with Crippen molar-refractivity contribution >= 4 is 50.3 Å². The highest BCUT2D eigenvalue weighted by Gasteiger charge is 2.42. The van der Waals surface area contributed by atoms with Crippen LogP contribution in [0, 0.1) is 5.92 Å². The monoisotopic (exact) mass is 1130 g/mol. The average molecular weight is 1130 g/mol. The van der Waals surface area contributed by atoms with Gasteiger partial charge in [0.2, 0.25) is 25.9 Å². The molecule has 1 saturated heterocycles. The molecule has 1 aliphatic rings. The maximum atomic E-state index is 16.2. The van der Waals surface area contributed by atoms with Gasteiger partial charge in [-0.1, -0.05) is 93.6 Å². The standard InChI is InChI=1S/C52H74N8O12S3Si/c1-51(2,3)71-50(61)53-33-44(72-76(9,10)52(4,5)6)34-54-74(64,65)46-26-25-45(58-29-27-42(28-30-58)38-69-31-32-70-73(8,62)63)47(49-55-57-60(56-49)37-41-21-23-43(68-7)24-22-41)48(46)75(66,67)59(35-39-17-13-11-14-18-39)36-40-19-15-12-16-20-40/h11-26,42,44,54H,27-38H2,1-10H3,(H,53,61)/t44-/m1/s1. The van der Waals surface area contributed by atoms with Crippen molar-refractivity contribution in [1.82, 2.24) is 34.6 Å². The number of carbonyl (C=O) groups excluding carboxylic acids is 1. The Morgan fingerprint density at radius 1 is 0.803 bits per heavy atom. The van der Waals surface area contributed by atoms with Crippen molar-refractivity contribution in [2.75, 3.05) is 64.3 Å². The van der Waals surface area contributed by atoms with Crippen LogP contribution in [0.3, 0.4) is 0 Å². The van der Waals surface area contributed by atoms with E-state index in [-0.39, 0.29) is 68.3 Å². The van der Waals surface area contributed by atoms with Crippen LogP contribution in [0.25, 0.3) is 11.4 Å². The summed E-state index contributed by atoms with van der Waals surface area (Å²) in [6, 6.07) is 28.2. The number of methoxy groups -OCH3 is 1. The number of piperidine rings is 1. The second kappa shape index (κ2) is 25.4. The summed E-state index contributed by atoms with van der Waals surface area (Å²) in [6.45, 7) is 15.8. The summed E-state index contributed by atoms with van der Waals surface area (Å²) >= 11 is 0. The largest absolute Gasteiger partial charge is 0.497 e. The first kappa shape index (κ1) is 59.9. The third kappa shape index (κ3) is 17.1. The van der Waals surface area contributed by atoms with Crippen LogP contribution in [-0.4, -0.2) is 135 Å². The van der Waals surface area contributed by atoms with Gasteiger partial charge in [0, 0.05) is 51.6 Å². The van der Waals surface area contributed by atoms with E-state index in [0.717, 1.165) is 11.8 Å².